The van der Waals surface area contributed by atoms with Crippen molar-refractivity contribution in [2.24, 2.45) is 0 Å². The third-order valence-corrected chi connectivity index (χ3v) is 2.94. The van der Waals surface area contributed by atoms with Gasteiger partial charge in [-0.15, -0.1) is 0 Å². The normalized spacial score (nSPS) is 12.4. The molecule has 82 valence electrons. The molecule has 0 heterocycles. The molecule has 2 aromatic carbocycles. The molecular weight excluding hydrogens is 220 g/mol. The van der Waals surface area contributed by atoms with Gasteiger partial charge in [0.15, 0.2) is 0 Å². The number of halogens is 1. The van der Waals surface area contributed by atoms with Crippen molar-refractivity contribution in [1.29, 1.82) is 0 Å². The predicted octanol–water partition coefficient (Wildman–Crippen LogP) is 3.73. The van der Waals surface area contributed by atoms with E-state index in [0.717, 1.165) is 11.1 Å². The molecule has 0 aliphatic rings. The first kappa shape index (κ1) is 11.2. The Kier molecular flexibility index (Phi) is 3.28. The quantitative estimate of drug-likeness (QED) is 0.837. The van der Waals surface area contributed by atoms with Crippen LogP contribution in [0.5, 0.6) is 0 Å². The number of aryl methyl sites for hydroxylation is 1. The zero-order valence-corrected chi connectivity index (χ0v) is 9.78. The molecule has 0 amide bonds. The monoisotopic (exact) mass is 232 g/mol. The fourth-order valence-corrected chi connectivity index (χ4v) is 1.86. The van der Waals surface area contributed by atoms with Gasteiger partial charge in [0.05, 0.1) is 0 Å². The molecule has 2 rings (SSSR count). The van der Waals surface area contributed by atoms with Crippen LogP contribution in [0, 0.1) is 6.92 Å². The minimum atomic E-state index is -0.658. The molecule has 0 fully saturated rings. The lowest BCUT2D eigenvalue weighted by Crippen LogP contribution is -2.00. The summed E-state index contributed by atoms with van der Waals surface area (Å²) in [5, 5.41) is 10.8. The second-order valence-corrected chi connectivity index (χ2v) is 4.24. The average molecular weight is 233 g/mol. The summed E-state index contributed by atoms with van der Waals surface area (Å²) in [5.74, 6) is 0. The van der Waals surface area contributed by atoms with Crippen molar-refractivity contribution in [2.45, 2.75) is 13.0 Å². The second kappa shape index (κ2) is 4.69. The van der Waals surface area contributed by atoms with E-state index in [-0.39, 0.29) is 0 Å². The van der Waals surface area contributed by atoms with Crippen LogP contribution in [0.2, 0.25) is 5.02 Å². The molecule has 16 heavy (non-hydrogen) atoms. The fourth-order valence-electron chi connectivity index (χ4n) is 1.63. The molecule has 0 saturated heterocycles. The van der Waals surface area contributed by atoms with Crippen molar-refractivity contribution in [1.82, 2.24) is 0 Å². The van der Waals surface area contributed by atoms with Crippen LogP contribution in [0.1, 0.15) is 22.8 Å². The summed E-state index contributed by atoms with van der Waals surface area (Å²) < 4.78 is 0. The van der Waals surface area contributed by atoms with Gasteiger partial charge in [-0.3, -0.25) is 0 Å². The highest BCUT2D eigenvalue weighted by Crippen LogP contribution is 2.27. The summed E-state index contributed by atoms with van der Waals surface area (Å²) in [6.45, 7) is 2.02. The summed E-state index contributed by atoms with van der Waals surface area (Å²) in [4.78, 5) is 0. The molecule has 0 radical (unpaired) electrons. The van der Waals surface area contributed by atoms with E-state index in [9.17, 15) is 5.11 Å². The Morgan fingerprint density at radius 3 is 2.25 bits per heavy atom. The van der Waals surface area contributed by atoms with Gasteiger partial charge in [-0.1, -0.05) is 59.6 Å². The number of aliphatic hydroxyl groups is 1. The summed E-state index contributed by atoms with van der Waals surface area (Å²) in [6.07, 6.45) is -0.658. The van der Waals surface area contributed by atoms with Crippen LogP contribution in [0.3, 0.4) is 0 Å². The third-order valence-electron chi connectivity index (χ3n) is 2.59. The van der Waals surface area contributed by atoms with Gasteiger partial charge in [0, 0.05) is 10.6 Å². The average Bonchev–Trinajstić information content (AvgIpc) is 2.30. The number of hydrogen-bond acceptors (Lipinski definition) is 1. The van der Waals surface area contributed by atoms with Crippen molar-refractivity contribution in [3.05, 3.63) is 70.2 Å². The van der Waals surface area contributed by atoms with E-state index in [1.165, 1.54) is 5.56 Å². The summed E-state index contributed by atoms with van der Waals surface area (Å²) in [5.41, 5.74) is 2.78. The Balaban J connectivity index is 2.35. The summed E-state index contributed by atoms with van der Waals surface area (Å²) in [7, 11) is 0. The van der Waals surface area contributed by atoms with Gasteiger partial charge in [-0.05, 0) is 18.6 Å². The highest BCUT2D eigenvalue weighted by molar-refractivity contribution is 6.31. The molecule has 0 bridgehead atoms. The van der Waals surface area contributed by atoms with E-state index < -0.39 is 6.10 Å². The van der Waals surface area contributed by atoms with E-state index in [1.54, 1.807) is 6.07 Å². The Labute approximate surface area is 100 Å². The lowest BCUT2D eigenvalue weighted by molar-refractivity contribution is 0.220. The second-order valence-electron chi connectivity index (χ2n) is 3.83. The Morgan fingerprint density at radius 1 is 1.00 bits per heavy atom. The molecular formula is C14H13ClO. The highest BCUT2D eigenvalue weighted by atomic mass is 35.5. The van der Waals surface area contributed by atoms with Crippen LogP contribution in [0.25, 0.3) is 0 Å². The largest absolute Gasteiger partial charge is 0.384 e. The van der Waals surface area contributed by atoms with Gasteiger partial charge in [-0.25, -0.2) is 0 Å². The maximum atomic E-state index is 10.2. The number of aliphatic hydroxyl groups excluding tert-OH is 1. The van der Waals surface area contributed by atoms with Crippen molar-refractivity contribution in [2.75, 3.05) is 0 Å². The van der Waals surface area contributed by atoms with E-state index >= 15 is 0 Å². The molecule has 1 N–H and O–H groups in total. The lowest BCUT2D eigenvalue weighted by Gasteiger charge is -2.13. The van der Waals surface area contributed by atoms with Crippen LogP contribution in [0.15, 0.2) is 48.5 Å². The predicted molar refractivity (Wildman–Crippen MR) is 66.7 cm³/mol. The van der Waals surface area contributed by atoms with Crippen LogP contribution in [0.4, 0.5) is 0 Å². The Hall–Kier alpha value is -1.31. The standard InChI is InChI=1S/C14H13ClO/c1-10-6-8-11(9-7-10)14(16)12-4-2-3-5-13(12)15/h2-9,14,16H,1H3. The zero-order chi connectivity index (χ0) is 11.5. The molecule has 2 heteroatoms. The molecule has 1 atom stereocenters. The zero-order valence-electron chi connectivity index (χ0n) is 9.02. The Bertz CT molecular complexity index is 476. The van der Waals surface area contributed by atoms with Crippen molar-refractivity contribution >= 4 is 11.6 Å². The summed E-state index contributed by atoms with van der Waals surface area (Å²) in [6, 6.07) is 15.2. The van der Waals surface area contributed by atoms with Crippen molar-refractivity contribution in [3.63, 3.8) is 0 Å². The first-order valence-electron chi connectivity index (χ1n) is 5.17. The van der Waals surface area contributed by atoms with E-state index in [2.05, 4.69) is 0 Å². The number of hydrogen-bond donors (Lipinski definition) is 1. The maximum absolute atomic E-state index is 10.2. The Morgan fingerprint density at radius 2 is 1.62 bits per heavy atom. The molecule has 0 spiro atoms. The van der Waals surface area contributed by atoms with Gasteiger partial charge in [0.25, 0.3) is 0 Å². The number of rotatable bonds is 2. The molecule has 0 saturated carbocycles. The van der Waals surface area contributed by atoms with Crippen LogP contribution < -0.4 is 0 Å². The van der Waals surface area contributed by atoms with Gasteiger partial charge in [0.2, 0.25) is 0 Å². The molecule has 0 aromatic heterocycles. The van der Waals surface area contributed by atoms with Gasteiger partial charge < -0.3 is 5.11 Å². The van der Waals surface area contributed by atoms with Crippen LogP contribution in [-0.2, 0) is 0 Å². The van der Waals surface area contributed by atoms with E-state index in [0.29, 0.717) is 5.02 Å². The first-order chi connectivity index (χ1) is 7.68. The third kappa shape index (κ3) is 2.26. The SMILES string of the molecule is Cc1ccc(C(O)c2ccccc2Cl)cc1. The van der Waals surface area contributed by atoms with Gasteiger partial charge >= 0.3 is 0 Å². The molecule has 0 aliphatic carbocycles. The molecule has 1 unspecified atom stereocenters. The maximum Gasteiger partial charge on any atom is 0.105 e. The highest BCUT2D eigenvalue weighted by Gasteiger charge is 2.12. The topological polar surface area (TPSA) is 20.2 Å². The van der Waals surface area contributed by atoms with Crippen molar-refractivity contribution < 1.29 is 5.11 Å². The van der Waals surface area contributed by atoms with E-state index in [1.807, 2.05) is 49.4 Å². The smallest absolute Gasteiger partial charge is 0.105 e. The lowest BCUT2D eigenvalue weighted by atomic mass is 10.0. The first-order valence-corrected chi connectivity index (χ1v) is 5.55. The number of benzene rings is 2. The minimum absolute atomic E-state index is 0.593. The van der Waals surface area contributed by atoms with Gasteiger partial charge in [-0.2, -0.15) is 0 Å². The van der Waals surface area contributed by atoms with E-state index in [4.69, 9.17) is 11.6 Å². The van der Waals surface area contributed by atoms with Crippen LogP contribution in [-0.4, -0.2) is 5.11 Å². The van der Waals surface area contributed by atoms with Gasteiger partial charge in [0.1, 0.15) is 6.10 Å². The molecule has 2 aromatic rings. The fraction of sp³-hybridized carbons (Fsp3) is 0.143. The molecule has 1 nitrogen and oxygen atoms in total. The molecule has 0 aliphatic heterocycles. The van der Waals surface area contributed by atoms with Crippen LogP contribution >= 0.6 is 11.6 Å². The summed E-state index contributed by atoms with van der Waals surface area (Å²) >= 11 is 6.04. The minimum Gasteiger partial charge on any atom is -0.384 e. The van der Waals surface area contributed by atoms with Crippen molar-refractivity contribution in [3.8, 4) is 0 Å².